The monoisotopic (exact) mass is 102 g/mol. The van der Waals surface area contributed by atoms with Gasteiger partial charge < -0.3 is 4.84 Å². The van der Waals surface area contributed by atoms with Gasteiger partial charge in [-0.2, -0.15) is 0 Å². The van der Waals surface area contributed by atoms with E-state index in [2.05, 4.69) is 4.84 Å². The van der Waals surface area contributed by atoms with Crippen molar-refractivity contribution in [2.75, 3.05) is 14.1 Å². The number of nitrogens with one attached hydrogen (secondary N) is 1. The standard InChI is InChI=1S/C4H10N2O/c1-4(5)7-6(2)3/h5H,1-3H3. The van der Waals surface area contributed by atoms with Crippen LogP contribution in [0.5, 0.6) is 0 Å². The van der Waals surface area contributed by atoms with Gasteiger partial charge in [0.1, 0.15) is 0 Å². The molecule has 3 heteroatoms. The van der Waals surface area contributed by atoms with Crippen molar-refractivity contribution in [1.29, 1.82) is 5.41 Å². The third-order valence-corrected chi connectivity index (χ3v) is 0.320. The zero-order chi connectivity index (χ0) is 5.86. The van der Waals surface area contributed by atoms with E-state index in [0.717, 1.165) is 0 Å². The Bertz CT molecular complexity index is 70.1. The lowest BCUT2D eigenvalue weighted by atomic mass is 10.8. The maximum absolute atomic E-state index is 6.76. The molecular weight excluding hydrogens is 92.1 g/mol. The van der Waals surface area contributed by atoms with Crippen molar-refractivity contribution in [3.8, 4) is 0 Å². The van der Waals surface area contributed by atoms with E-state index in [4.69, 9.17) is 5.41 Å². The van der Waals surface area contributed by atoms with Crippen LogP contribution < -0.4 is 0 Å². The highest BCUT2D eigenvalue weighted by molar-refractivity contribution is 5.68. The second-order valence-corrected chi connectivity index (χ2v) is 1.46. The van der Waals surface area contributed by atoms with Crippen molar-refractivity contribution < 1.29 is 4.84 Å². The fourth-order valence-corrected chi connectivity index (χ4v) is 0.274. The van der Waals surface area contributed by atoms with E-state index in [0.29, 0.717) is 0 Å². The van der Waals surface area contributed by atoms with Gasteiger partial charge in [0.25, 0.3) is 0 Å². The molecule has 0 aliphatic carbocycles. The van der Waals surface area contributed by atoms with Crippen molar-refractivity contribution in [2.24, 2.45) is 0 Å². The van der Waals surface area contributed by atoms with Crippen molar-refractivity contribution in [1.82, 2.24) is 5.06 Å². The third-order valence-electron chi connectivity index (χ3n) is 0.320. The first-order chi connectivity index (χ1) is 3.13. The van der Waals surface area contributed by atoms with Gasteiger partial charge in [-0.3, -0.25) is 5.41 Å². The minimum absolute atomic E-state index is 0.213. The molecule has 1 N–H and O–H groups in total. The molecule has 7 heavy (non-hydrogen) atoms. The molecule has 0 aliphatic rings. The normalized spacial score (nSPS) is 9.14. The predicted molar refractivity (Wildman–Crippen MR) is 28.2 cm³/mol. The molecule has 0 saturated heterocycles. The molecule has 0 unspecified atom stereocenters. The first-order valence-corrected chi connectivity index (χ1v) is 2.03. The topological polar surface area (TPSA) is 36.3 Å². The molecule has 3 nitrogen and oxygen atoms in total. The summed E-state index contributed by atoms with van der Waals surface area (Å²) in [6, 6.07) is 0. The number of hydrogen-bond donors (Lipinski definition) is 1. The zero-order valence-electron chi connectivity index (χ0n) is 4.86. The Hall–Kier alpha value is -0.570. The Morgan fingerprint density at radius 2 is 2.00 bits per heavy atom. The minimum Gasteiger partial charge on any atom is -0.392 e. The Morgan fingerprint density at radius 1 is 1.57 bits per heavy atom. The van der Waals surface area contributed by atoms with E-state index in [1.165, 1.54) is 5.06 Å². The molecule has 0 aromatic carbocycles. The predicted octanol–water partition coefficient (Wildman–Crippen LogP) is 0.477. The van der Waals surface area contributed by atoms with E-state index in [1.54, 1.807) is 21.0 Å². The fraction of sp³-hybridized carbons (Fsp3) is 0.750. The summed E-state index contributed by atoms with van der Waals surface area (Å²) in [7, 11) is 3.47. The van der Waals surface area contributed by atoms with Gasteiger partial charge in [0.05, 0.1) is 0 Å². The lowest BCUT2D eigenvalue weighted by Crippen LogP contribution is -2.15. The molecule has 0 aromatic rings. The van der Waals surface area contributed by atoms with Crippen molar-refractivity contribution in [3.63, 3.8) is 0 Å². The highest BCUT2D eigenvalue weighted by atomic mass is 16.7. The van der Waals surface area contributed by atoms with Gasteiger partial charge in [0.15, 0.2) is 0 Å². The second-order valence-electron chi connectivity index (χ2n) is 1.46. The minimum atomic E-state index is 0.213. The average molecular weight is 102 g/mol. The lowest BCUT2D eigenvalue weighted by molar-refractivity contribution is -0.0210. The Labute approximate surface area is 43.3 Å². The average Bonchev–Trinajstić information content (AvgIpc) is 1.27. The molecule has 0 saturated carbocycles. The Kier molecular flexibility index (Phi) is 2.37. The molecule has 0 spiro atoms. The van der Waals surface area contributed by atoms with Gasteiger partial charge in [-0.15, -0.1) is 5.06 Å². The van der Waals surface area contributed by atoms with Crippen LogP contribution in [-0.4, -0.2) is 25.1 Å². The van der Waals surface area contributed by atoms with Crippen LogP contribution in [0.25, 0.3) is 0 Å². The van der Waals surface area contributed by atoms with Gasteiger partial charge in [0.2, 0.25) is 5.90 Å². The molecule has 0 amide bonds. The first-order valence-electron chi connectivity index (χ1n) is 2.03. The van der Waals surface area contributed by atoms with Gasteiger partial charge in [-0.05, 0) is 0 Å². The zero-order valence-corrected chi connectivity index (χ0v) is 4.86. The van der Waals surface area contributed by atoms with E-state index in [-0.39, 0.29) is 5.90 Å². The van der Waals surface area contributed by atoms with Crippen LogP contribution in [0.3, 0.4) is 0 Å². The molecule has 0 rings (SSSR count). The summed E-state index contributed by atoms with van der Waals surface area (Å²) < 4.78 is 0. The van der Waals surface area contributed by atoms with Crippen LogP contribution in [0.1, 0.15) is 6.92 Å². The van der Waals surface area contributed by atoms with E-state index >= 15 is 0 Å². The first kappa shape index (κ1) is 6.43. The van der Waals surface area contributed by atoms with E-state index in [9.17, 15) is 0 Å². The summed E-state index contributed by atoms with van der Waals surface area (Å²) in [5.74, 6) is 0.213. The summed E-state index contributed by atoms with van der Waals surface area (Å²) in [4.78, 5) is 4.67. The molecule has 42 valence electrons. The van der Waals surface area contributed by atoms with Gasteiger partial charge >= 0.3 is 0 Å². The number of rotatable bonds is 1. The number of hydroxylamine groups is 2. The van der Waals surface area contributed by atoms with Crippen LogP contribution in [0.15, 0.2) is 0 Å². The summed E-state index contributed by atoms with van der Waals surface area (Å²) in [6.45, 7) is 1.58. The number of hydrogen-bond acceptors (Lipinski definition) is 3. The van der Waals surface area contributed by atoms with Crippen LogP contribution >= 0.6 is 0 Å². The molecule has 0 bridgehead atoms. The van der Waals surface area contributed by atoms with Crippen molar-refractivity contribution >= 4 is 5.90 Å². The smallest absolute Gasteiger partial charge is 0.203 e. The maximum atomic E-state index is 6.76. The molecule has 0 radical (unpaired) electrons. The van der Waals surface area contributed by atoms with Gasteiger partial charge in [0, 0.05) is 21.0 Å². The Balaban J connectivity index is 3.13. The van der Waals surface area contributed by atoms with Crippen LogP contribution in [-0.2, 0) is 4.84 Å². The van der Waals surface area contributed by atoms with Crippen molar-refractivity contribution in [3.05, 3.63) is 0 Å². The summed E-state index contributed by atoms with van der Waals surface area (Å²) in [6.07, 6.45) is 0. The lowest BCUT2D eigenvalue weighted by Gasteiger charge is -2.07. The van der Waals surface area contributed by atoms with Crippen LogP contribution in [0.4, 0.5) is 0 Å². The molecule has 0 aliphatic heterocycles. The van der Waals surface area contributed by atoms with Gasteiger partial charge in [-0.25, -0.2) is 0 Å². The fourth-order valence-electron chi connectivity index (χ4n) is 0.274. The van der Waals surface area contributed by atoms with Crippen LogP contribution in [0, 0.1) is 5.41 Å². The van der Waals surface area contributed by atoms with Crippen molar-refractivity contribution in [2.45, 2.75) is 6.92 Å². The number of nitrogens with zero attached hydrogens (tertiary/aromatic N) is 1. The molecule has 0 atom stereocenters. The van der Waals surface area contributed by atoms with Gasteiger partial charge in [-0.1, -0.05) is 0 Å². The largest absolute Gasteiger partial charge is 0.392 e. The highest BCUT2D eigenvalue weighted by Gasteiger charge is 1.86. The van der Waals surface area contributed by atoms with E-state index < -0.39 is 0 Å². The molecule has 0 heterocycles. The van der Waals surface area contributed by atoms with E-state index in [1.807, 2.05) is 0 Å². The molecular formula is C4H10N2O. The Morgan fingerprint density at radius 3 is 2.00 bits per heavy atom. The summed E-state index contributed by atoms with van der Waals surface area (Å²) >= 11 is 0. The SMILES string of the molecule is CC(=N)ON(C)C. The molecule has 0 fully saturated rings. The third kappa shape index (κ3) is 5.43. The second kappa shape index (κ2) is 2.58. The molecule has 0 aromatic heterocycles. The maximum Gasteiger partial charge on any atom is 0.203 e. The quantitative estimate of drug-likeness (QED) is 0.297. The summed E-state index contributed by atoms with van der Waals surface area (Å²) in [5, 5.41) is 8.24. The summed E-state index contributed by atoms with van der Waals surface area (Å²) in [5.41, 5.74) is 0. The van der Waals surface area contributed by atoms with Crippen LogP contribution in [0.2, 0.25) is 0 Å². The highest BCUT2D eigenvalue weighted by Crippen LogP contribution is 1.77.